The molecule has 2 aromatic rings. The Morgan fingerprint density at radius 3 is 2.58 bits per heavy atom. The summed E-state index contributed by atoms with van der Waals surface area (Å²) in [6, 6.07) is 8.18. The molecule has 1 aromatic carbocycles. The molecule has 0 bridgehead atoms. The van der Waals surface area contributed by atoms with Crippen molar-refractivity contribution in [1.82, 2.24) is 9.80 Å². The summed E-state index contributed by atoms with van der Waals surface area (Å²) in [7, 11) is 3.35. The number of benzene rings is 1. The smallest absolute Gasteiger partial charge is 0.290 e. The van der Waals surface area contributed by atoms with E-state index >= 15 is 0 Å². The molecule has 7 heteroatoms. The first kappa shape index (κ1) is 17.7. The second-order valence-electron chi connectivity index (χ2n) is 6.53. The molecule has 136 valence electrons. The number of carbonyl (C=O) groups is 3. The topological polar surface area (TPSA) is 82.9 Å². The van der Waals surface area contributed by atoms with Gasteiger partial charge in [0, 0.05) is 39.7 Å². The van der Waals surface area contributed by atoms with Crippen LogP contribution < -0.4 is 5.32 Å². The zero-order chi connectivity index (χ0) is 18.8. The maximum Gasteiger partial charge on any atom is 0.290 e. The minimum absolute atomic E-state index is 0.138. The fourth-order valence-electron chi connectivity index (χ4n) is 3.14. The normalized spacial score (nSPS) is 16.0. The molecule has 0 spiro atoms. The molecule has 26 heavy (non-hydrogen) atoms. The fraction of sp³-hybridized carbons (Fsp3) is 0.316. The van der Waals surface area contributed by atoms with Crippen molar-refractivity contribution in [2.45, 2.75) is 25.9 Å². The van der Waals surface area contributed by atoms with Crippen LogP contribution in [0.2, 0.25) is 0 Å². The number of hydrogen-bond acceptors (Lipinski definition) is 4. The van der Waals surface area contributed by atoms with Crippen molar-refractivity contribution < 1.29 is 18.8 Å². The summed E-state index contributed by atoms with van der Waals surface area (Å²) in [6.45, 7) is 1.71. The van der Waals surface area contributed by atoms with E-state index in [1.807, 2.05) is 12.1 Å². The van der Waals surface area contributed by atoms with Crippen molar-refractivity contribution >= 4 is 23.4 Å². The Kier molecular flexibility index (Phi) is 4.79. The molecule has 0 aliphatic carbocycles. The molecule has 7 nitrogen and oxygen atoms in total. The fourth-order valence-corrected chi connectivity index (χ4v) is 3.14. The zero-order valence-corrected chi connectivity index (χ0v) is 15.0. The van der Waals surface area contributed by atoms with Gasteiger partial charge in [0.1, 0.15) is 6.04 Å². The Morgan fingerprint density at radius 1 is 1.19 bits per heavy atom. The second kappa shape index (κ2) is 7.03. The van der Waals surface area contributed by atoms with Gasteiger partial charge in [0.25, 0.3) is 5.91 Å². The predicted octanol–water partition coefficient (Wildman–Crippen LogP) is 1.89. The maximum atomic E-state index is 12.9. The number of carbonyl (C=O) groups excluding carboxylic acids is 3. The third kappa shape index (κ3) is 3.46. The van der Waals surface area contributed by atoms with Gasteiger partial charge in [0.2, 0.25) is 11.8 Å². The number of fused-ring (bicyclic) bond motifs is 1. The van der Waals surface area contributed by atoms with Crippen LogP contribution in [0.4, 0.5) is 5.69 Å². The molecule has 1 N–H and O–H groups in total. The summed E-state index contributed by atoms with van der Waals surface area (Å²) >= 11 is 0. The zero-order valence-electron chi connectivity index (χ0n) is 15.0. The van der Waals surface area contributed by atoms with Gasteiger partial charge in [-0.25, -0.2) is 0 Å². The van der Waals surface area contributed by atoms with Crippen LogP contribution in [0.1, 0.15) is 28.6 Å². The minimum Gasteiger partial charge on any atom is -0.459 e. The Morgan fingerprint density at radius 2 is 1.96 bits per heavy atom. The van der Waals surface area contributed by atoms with E-state index in [-0.39, 0.29) is 30.0 Å². The Hall–Kier alpha value is -3.09. The molecular formula is C19H21N3O4. The van der Waals surface area contributed by atoms with E-state index in [0.29, 0.717) is 12.1 Å². The average molecular weight is 355 g/mol. The summed E-state index contributed by atoms with van der Waals surface area (Å²) in [5, 5.41) is 2.74. The lowest BCUT2D eigenvalue weighted by Gasteiger charge is -2.37. The van der Waals surface area contributed by atoms with Gasteiger partial charge in [-0.3, -0.25) is 14.4 Å². The predicted molar refractivity (Wildman–Crippen MR) is 95.5 cm³/mol. The van der Waals surface area contributed by atoms with E-state index in [4.69, 9.17) is 4.42 Å². The summed E-state index contributed by atoms with van der Waals surface area (Å²) in [4.78, 5) is 39.8. The molecule has 0 fully saturated rings. The van der Waals surface area contributed by atoms with E-state index in [1.165, 1.54) is 23.0 Å². The summed E-state index contributed by atoms with van der Waals surface area (Å²) < 4.78 is 5.23. The van der Waals surface area contributed by atoms with Crippen LogP contribution in [0.5, 0.6) is 0 Å². The van der Waals surface area contributed by atoms with Crippen LogP contribution in [0.15, 0.2) is 41.0 Å². The average Bonchev–Trinajstić information content (AvgIpc) is 3.13. The van der Waals surface area contributed by atoms with Gasteiger partial charge in [-0.05, 0) is 35.4 Å². The standard InChI is InChI=1S/C19H21N3O4/c1-12(23)20-15-7-6-13-10-16(18(24)21(2)3)22(11-14(13)9-15)19(25)17-5-4-8-26-17/h4-9,16H,10-11H2,1-3H3,(H,20,23)/t16-/m1/s1. The number of hydrogen-bond donors (Lipinski definition) is 1. The second-order valence-corrected chi connectivity index (χ2v) is 6.53. The molecule has 0 radical (unpaired) electrons. The van der Waals surface area contributed by atoms with Crippen molar-refractivity contribution in [3.63, 3.8) is 0 Å². The highest BCUT2D eigenvalue weighted by atomic mass is 16.3. The molecular weight excluding hydrogens is 334 g/mol. The molecule has 3 rings (SSSR count). The van der Waals surface area contributed by atoms with Crippen LogP contribution in [-0.2, 0) is 22.6 Å². The largest absolute Gasteiger partial charge is 0.459 e. The molecule has 1 aliphatic heterocycles. The van der Waals surface area contributed by atoms with Crippen molar-refractivity contribution in [1.29, 1.82) is 0 Å². The lowest BCUT2D eigenvalue weighted by Crippen LogP contribution is -2.52. The molecule has 2 heterocycles. The Balaban J connectivity index is 1.96. The van der Waals surface area contributed by atoms with Gasteiger partial charge in [0.15, 0.2) is 5.76 Å². The number of amides is 3. The van der Waals surface area contributed by atoms with Crippen molar-refractivity contribution in [3.8, 4) is 0 Å². The number of rotatable bonds is 3. The van der Waals surface area contributed by atoms with Crippen LogP contribution in [-0.4, -0.2) is 47.7 Å². The summed E-state index contributed by atoms with van der Waals surface area (Å²) in [5.41, 5.74) is 2.56. The molecule has 1 aromatic heterocycles. The lowest BCUT2D eigenvalue weighted by atomic mass is 9.92. The third-order valence-corrected chi connectivity index (χ3v) is 4.38. The molecule has 1 aliphatic rings. The monoisotopic (exact) mass is 355 g/mol. The van der Waals surface area contributed by atoms with Gasteiger partial charge in [0.05, 0.1) is 6.26 Å². The molecule has 0 saturated heterocycles. The molecule has 0 saturated carbocycles. The van der Waals surface area contributed by atoms with Gasteiger partial charge in [-0.1, -0.05) is 6.07 Å². The van der Waals surface area contributed by atoms with E-state index < -0.39 is 6.04 Å². The third-order valence-electron chi connectivity index (χ3n) is 4.38. The first-order valence-corrected chi connectivity index (χ1v) is 8.32. The van der Waals surface area contributed by atoms with E-state index in [1.54, 1.807) is 32.3 Å². The van der Waals surface area contributed by atoms with Gasteiger partial charge < -0.3 is 19.5 Å². The van der Waals surface area contributed by atoms with Crippen LogP contribution >= 0.6 is 0 Å². The summed E-state index contributed by atoms with van der Waals surface area (Å²) in [6.07, 6.45) is 1.85. The van der Waals surface area contributed by atoms with Gasteiger partial charge >= 0.3 is 0 Å². The van der Waals surface area contributed by atoms with E-state index in [2.05, 4.69) is 5.32 Å². The number of likely N-dealkylation sites (N-methyl/N-ethyl adjacent to an activating group) is 1. The lowest BCUT2D eigenvalue weighted by molar-refractivity contribution is -0.134. The highest BCUT2D eigenvalue weighted by molar-refractivity contribution is 5.96. The quantitative estimate of drug-likeness (QED) is 0.911. The Bertz CT molecular complexity index is 842. The van der Waals surface area contributed by atoms with Crippen molar-refractivity contribution in [2.24, 2.45) is 0 Å². The van der Waals surface area contributed by atoms with Crippen molar-refractivity contribution in [2.75, 3.05) is 19.4 Å². The van der Waals surface area contributed by atoms with Gasteiger partial charge in [-0.15, -0.1) is 0 Å². The molecule has 3 amide bonds. The number of furan rings is 1. The number of anilines is 1. The summed E-state index contributed by atoms with van der Waals surface area (Å²) in [5.74, 6) is -0.430. The SMILES string of the molecule is CC(=O)Nc1ccc2c(c1)CN(C(=O)c1ccco1)[C@@H](C(=O)N(C)C)C2. The first-order chi connectivity index (χ1) is 12.4. The van der Waals surface area contributed by atoms with E-state index in [9.17, 15) is 14.4 Å². The molecule has 0 unspecified atom stereocenters. The van der Waals surface area contributed by atoms with Crippen molar-refractivity contribution in [3.05, 3.63) is 53.5 Å². The van der Waals surface area contributed by atoms with Crippen LogP contribution in [0, 0.1) is 0 Å². The van der Waals surface area contributed by atoms with Crippen LogP contribution in [0.25, 0.3) is 0 Å². The Labute approximate surface area is 151 Å². The highest BCUT2D eigenvalue weighted by Crippen LogP contribution is 2.28. The minimum atomic E-state index is -0.596. The van der Waals surface area contributed by atoms with Gasteiger partial charge in [-0.2, -0.15) is 0 Å². The first-order valence-electron chi connectivity index (χ1n) is 8.32. The number of nitrogens with one attached hydrogen (secondary N) is 1. The number of nitrogens with zero attached hydrogens (tertiary/aromatic N) is 2. The molecule has 1 atom stereocenters. The highest BCUT2D eigenvalue weighted by Gasteiger charge is 2.36. The van der Waals surface area contributed by atoms with E-state index in [0.717, 1.165) is 11.1 Å². The maximum absolute atomic E-state index is 12.9. The van der Waals surface area contributed by atoms with Crippen LogP contribution in [0.3, 0.4) is 0 Å².